The summed E-state index contributed by atoms with van der Waals surface area (Å²) in [6, 6.07) is 2.58. The monoisotopic (exact) mass is 438 g/mol. The highest BCUT2D eigenvalue weighted by atomic mass is 16.5. The minimum atomic E-state index is -0.291. The number of anilines is 2. The lowest BCUT2D eigenvalue weighted by Gasteiger charge is -2.54. The van der Waals surface area contributed by atoms with Crippen molar-refractivity contribution in [1.82, 2.24) is 20.3 Å². The summed E-state index contributed by atoms with van der Waals surface area (Å²) in [5.41, 5.74) is 3.18. The number of morpholine rings is 1. The number of nitrogens with one attached hydrogen (secondary N) is 2. The molecular formula is C23H30N6O3. The summed E-state index contributed by atoms with van der Waals surface area (Å²) in [6.07, 6.45) is 2.47. The molecule has 2 aromatic rings. The van der Waals surface area contributed by atoms with Crippen molar-refractivity contribution in [3.8, 4) is 0 Å². The number of hydrogen-bond donors (Lipinski definition) is 2. The van der Waals surface area contributed by atoms with Gasteiger partial charge < -0.3 is 24.8 Å². The van der Waals surface area contributed by atoms with E-state index in [1.807, 2.05) is 26.8 Å². The lowest BCUT2D eigenvalue weighted by Crippen LogP contribution is -2.71. The molecule has 170 valence electrons. The van der Waals surface area contributed by atoms with Gasteiger partial charge in [0.25, 0.3) is 11.5 Å². The first-order valence-electron chi connectivity index (χ1n) is 11.3. The number of aromatic nitrogens is 3. The Bertz CT molecular complexity index is 1130. The topological polar surface area (TPSA) is 103 Å². The maximum Gasteiger partial charge on any atom is 0.270 e. The van der Waals surface area contributed by atoms with E-state index in [-0.39, 0.29) is 24.1 Å². The zero-order chi connectivity index (χ0) is 22.6. The number of carbonyl (C=O) groups excluding carboxylic acids is 1. The number of carbonyl (C=O) groups is 1. The zero-order valence-corrected chi connectivity index (χ0v) is 19.1. The van der Waals surface area contributed by atoms with Crippen LogP contribution in [0.25, 0.3) is 0 Å². The third-order valence-corrected chi connectivity index (χ3v) is 7.01. The van der Waals surface area contributed by atoms with E-state index in [4.69, 9.17) is 9.72 Å². The van der Waals surface area contributed by atoms with E-state index in [0.717, 1.165) is 48.6 Å². The summed E-state index contributed by atoms with van der Waals surface area (Å²) in [5.74, 6) is 1.13. The van der Waals surface area contributed by atoms with Gasteiger partial charge in [-0.05, 0) is 52.2 Å². The first kappa shape index (κ1) is 20.9. The molecule has 0 radical (unpaired) electrons. The molecule has 5 rings (SSSR count). The van der Waals surface area contributed by atoms with E-state index in [1.165, 1.54) is 0 Å². The Morgan fingerprint density at radius 3 is 2.69 bits per heavy atom. The highest BCUT2D eigenvalue weighted by Crippen LogP contribution is 2.36. The molecule has 0 aromatic carbocycles. The Morgan fingerprint density at radius 2 is 2.09 bits per heavy atom. The van der Waals surface area contributed by atoms with Gasteiger partial charge in [0.05, 0.1) is 18.8 Å². The number of pyridine rings is 1. The predicted molar refractivity (Wildman–Crippen MR) is 121 cm³/mol. The largest absolute Gasteiger partial charge is 0.372 e. The average Bonchev–Trinajstić information content (AvgIpc) is 3.15. The molecule has 0 saturated carbocycles. The maximum atomic E-state index is 13.2. The van der Waals surface area contributed by atoms with Crippen LogP contribution in [-0.4, -0.2) is 58.7 Å². The minimum Gasteiger partial charge on any atom is -0.372 e. The number of nitrogens with zero attached hydrogens (tertiary/aromatic N) is 4. The second-order valence-electron chi connectivity index (χ2n) is 9.22. The van der Waals surface area contributed by atoms with Crippen LogP contribution in [0, 0.1) is 20.8 Å². The van der Waals surface area contributed by atoms with Crippen LogP contribution in [0.15, 0.2) is 10.9 Å². The number of aryl methyl sites for hydroxylation is 2. The lowest BCUT2D eigenvalue weighted by atomic mass is 9.95. The molecule has 0 bridgehead atoms. The Morgan fingerprint density at radius 1 is 1.28 bits per heavy atom. The van der Waals surface area contributed by atoms with E-state index in [1.54, 1.807) is 0 Å². The fraction of sp³-hybridized carbons (Fsp3) is 0.565. The van der Waals surface area contributed by atoms with Gasteiger partial charge in [-0.2, -0.15) is 4.98 Å². The molecule has 2 N–H and O–H groups in total. The third kappa shape index (κ3) is 3.44. The Hall–Kier alpha value is -2.94. The van der Waals surface area contributed by atoms with Crippen molar-refractivity contribution in [1.29, 1.82) is 0 Å². The van der Waals surface area contributed by atoms with Crippen LogP contribution in [0.4, 0.5) is 11.8 Å². The molecule has 3 fully saturated rings. The number of H-pyrrole nitrogens is 1. The molecule has 9 nitrogen and oxygen atoms in total. The van der Waals surface area contributed by atoms with Crippen molar-refractivity contribution >= 4 is 17.7 Å². The van der Waals surface area contributed by atoms with E-state index in [2.05, 4.69) is 32.0 Å². The molecule has 3 atom stereocenters. The van der Waals surface area contributed by atoms with Crippen molar-refractivity contribution < 1.29 is 9.53 Å². The average molecular weight is 439 g/mol. The van der Waals surface area contributed by atoms with Gasteiger partial charge >= 0.3 is 0 Å². The van der Waals surface area contributed by atoms with Gasteiger partial charge in [0, 0.05) is 42.5 Å². The molecule has 1 unspecified atom stereocenters. The molecule has 32 heavy (non-hydrogen) atoms. The van der Waals surface area contributed by atoms with E-state index in [0.29, 0.717) is 35.9 Å². The molecule has 5 heterocycles. The molecule has 0 aliphatic carbocycles. The van der Waals surface area contributed by atoms with Gasteiger partial charge in [-0.25, -0.2) is 4.98 Å². The van der Waals surface area contributed by atoms with Gasteiger partial charge in [-0.15, -0.1) is 0 Å². The zero-order valence-electron chi connectivity index (χ0n) is 19.1. The fourth-order valence-corrected chi connectivity index (χ4v) is 4.93. The predicted octanol–water partition coefficient (Wildman–Crippen LogP) is 1.60. The number of amides is 1. The normalized spacial score (nSPS) is 24.1. The SMILES string of the molecule is Cc1cc(C)c(CNC(=O)c2nc(N3CC4OC[C@H]43)nc(N3CCC[C@@H]3C)c2C)c(=O)[nH]1. The van der Waals surface area contributed by atoms with Crippen LogP contribution in [0.1, 0.15) is 52.6 Å². The van der Waals surface area contributed by atoms with Crippen molar-refractivity contribution in [3.05, 3.63) is 44.5 Å². The standard InChI is InChI=1S/C23H30N6O3/c1-12-8-13(2)25-21(30)16(12)9-24-22(31)19-15(4)20(28-7-5-6-14(28)3)27-23(26-19)29-10-18-17(29)11-32-18/h8,14,17-18H,5-7,9-11H2,1-4H3,(H,24,31)(H,25,30)/t14-,17+,18?/m0/s1. The van der Waals surface area contributed by atoms with Crippen LogP contribution in [0.2, 0.25) is 0 Å². The van der Waals surface area contributed by atoms with Gasteiger partial charge in [0.15, 0.2) is 0 Å². The van der Waals surface area contributed by atoms with Crippen molar-refractivity contribution in [2.45, 2.75) is 65.3 Å². The number of fused-ring (bicyclic) bond motifs is 1. The highest BCUT2D eigenvalue weighted by molar-refractivity contribution is 5.95. The van der Waals surface area contributed by atoms with E-state index < -0.39 is 0 Å². The summed E-state index contributed by atoms with van der Waals surface area (Å²) < 4.78 is 5.53. The summed E-state index contributed by atoms with van der Waals surface area (Å²) in [6.45, 7) is 10.3. The molecular weight excluding hydrogens is 408 g/mol. The van der Waals surface area contributed by atoms with Crippen LogP contribution >= 0.6 is 0 Å². The second-order valence-corrected chi connectivity index (χ2v) is 9.22. The second kappa shape index (κ2) is 7.88. The van der Waals surface area contributed by atoms with Crippen molar-refractivity contribution in [2.24, 2.45) is 0 Å². The summed E-state index contributed by atoms with van der Waals surface area (Å²) in [7, 11) is 0. The van der Waals surface area contributed by atoms with Gasteiger partial charge in [-0.3, -0.25) is 9.59 Å². The third-order valence-electron chi connectivity index (χ3n) is 7.01. The summed E-state index contributed by atoms with van der Waals surface area (Å²) in [4.78, 5) is 42.4. The molecule has 9 heteroatoms. The lowest BCUT2D eigenvalue weighted by molar-refractivity contribution is -0.114. The highest BCUT2D eigenvalue weighted by Gasteiger charge is 2.49. The Kier molecular flexibility index (Phi) is 5.16. The Balaban J connectivity index is 1.45. The smallest absolute Gasteiger partial charge is 0.270 e. The molecule has 0 spiro atoms. The van der Waals surface area contributed by atoms with Crippen molar-refractivity contribution in [3.63, 3.8) is 0 Å². The molecule has 2 aromatic heterocycles. The van der Waals surface area contributed by atoms with Crippen LogP contribution in [-0.2, 0) is 11.3 Å². The molecule has 3 saturated heterocycles. The number of aromatic amines is 1. The van der Waals surface area contributed by atoms with E-state index in [9.17, 15) is 9.59 Å². The fourth-order valence-electron chi connectivity index (χ4n) is 4.93. The quantitative estimate of drug-likeness (QED) is 0.731. The maximum absolute atomic E-state index is 13.2. The minimum absolute atomic E-state index is 0.150. The summed E-state index contributed by atoms with van der Waals surface area (Å²) >= 11 is 0. The first-order chi connectivity index (χ1) is 15.3. The molecule has 3 aliphatic rings. The number of hydrogen-bond acceptors (Lipinski definition) is 7. The molecule has 1 amide bonds. The van der Waals surface area contributed by atoms with Gasteiger partial charge in [-0.1, -0.05) is 0 Å². The van der Waals surface area contributed by atoms with Gasteiger partial charge in [0.2, 0.25) is 5.95 Å². The van der Waals surface area contributed by atoms with Gasteiger partial charge in [0.1, 0.15) is 11.5 Å². The van der Waals surface area contributed by atoms with Crippen molar-refractivity contribution in [2.75, 3.05) is 29.5 Å². The van der Waals surface area contributed by atoms with E-state index >= 15 is 0 Å². The number of ether oxygens (including phenoxy) is 1. The Labute approximate surface area is 187 Å². The first-order valence-corrected chi connectivity index (χ1v) is 11.3. The number of rotatable bonds is 5. The van der Waals surface area contributed by atoms with Crippen LogP contribution in [0.3, 0.4) is 0 Å². The summed E-state index contributed by atoms with van der Waals surface area (Å²) in [5, 5.41) is 2.91. The van der Waals surface area contributed by atoms with Crippen LogP contribution in [0.5, 0.6) is 0 Å². The van der Waals surface area contributed by atoms with Crippen LogP contribution < -0.4 is 20.7 Å². The molecule has 3 aliphatic heterocycles.